The van der Waals surface area contributed by atoms with Crippen molar-refractivity contribution in [2.75, 3.05) is 13.1 Å². The largest absolute Gasteiger partial charge is 0.299 e. The molecule has 1 saturated heterocycles. The van der Waals surface area contributed by atoms with E-state index in [2.05, 4.69) is 11.8 Å². The zero-order valence-corrected chi connectivity index (χ0v) is 9.17. The number of rotatable bonds is 1. The molecule has 80 valence electrons. The molecular weight excluding hydrogens is 174 g/mol. The Morgan fingerprint density at radius 3 is 2.57 bits per heavy atom. The summed E-state index contributed by atoms with van der Waals surface area (Å²) in [6, 6.07) is 0.791. The summed E-state index contributed by atoms with van der Waals surface area (Å²) in [5, 5.41) is 0. The van der Waals surface area contributed by atoms with Gasteiger partial charge in [0.15, 0.2) is 0 Å². The van der Waals surface area contributed by atoms with Crippen LogP contribution in [0.2, 0.25) is 0 Å². The highest BCUT2D eigenvalue weighted by Gasteiger charge is 2.28. The monoisotopic (exact) mass is 195 g/mol. The maximum absolute atomic E-state index is 11.4. The molecular formula is C12H21NO. The molecule has 0 aromatic carbocycles. The van der Waals surface area contributed by atoms with Crippen LogP contribution in [0.3, 0.4) is 0 Å². The van der Waals surface area contributed by atoms with Gasteiger partial charge in [0.1, 0.15) is 5.78 Å². The summed E-state index contributed by atoms with van der Waals surface area (Å²) < 4.78 is 0. The van der Waals surface area contributed by atoms with Gasteiger partial charge in [0.25, 0.3) is 0 Å². The molecule has 2 nitrogen and oxygen atoms in total. The maximum Gasteiger partial charge on any atom is 0.138 e. The van der Waals surface area contributed by atoms with Crippen LogP contribution in [-0.4, -0.2) is 29.8 Å². The molecule has 0 spiro atoms. The van der Waals surface area contributed by atoms with Gasteiger partial charge in [0.2, 0.25) is 0 Å². The molecule has 1 heterocycles. The third kappa shape index (κ3) is 2.17. The lowest BCUT2D eigenvalue weighted by Crippen LogP contribution is -2.46. The molecule has 2 heteroatoms. The number of carbonyl (C=O) groups excluding carboxylic acids is 1. The predicted molar refractivity (Wildman–Crippen MR) is 57.2 cm³/mol. The van der Waals surface area contributed by atoms with E-state index < -0.39 is 0 Å². The topological polar surface area (TPSA) is 20.3 Å². The van der Waals surface area contributed by atoms with Crippen molar-refractivity contribution in [2.45, 2.75) is 51.5 Å². The lowest BCUT2D eigenvalue weighted by atomic mass is 9.90. The summed E-state index contributed by atoms with van der Waals surface area (Å²) in [4.78, 5) is 14.0. The van der Waals surface area contributed by atoms with Crippen LogP contribution >= 0.6 is 0 Å². The van der Waals surface area contributed by atoms with Crippen molar-refractivity contribution >= 4 is 5.78 Å². The fourth-order valence-electron chi connectivity index (χ4n) is 2.82. The molecule has 0 amide bonds. The van der Waals surface area contributed by atoms with Gasteiger partial charge in [0, 0.05) is 31.5 Å². The normalized spacial score (nSPS) is 32.1. The standard InChI is InChI=1S/C12H21NO/c1-10-9-13(8-7-12(10)14)11-5-3-2-4-6-11/h10-11H,2-9H2,1H3. The van der Waals surface area contributed by atoms with E-state index in [1.54, 1.807) is 0 Å². The van der Waals surface area contributed by atoms with Crippen molar-refractivity contribution in [3.8, 4) is 0 Å². The minimum absolute atomic E-state index is 0.283. The van der Waals surface area contributed by atoms with Gasteiger partial charge in [-0.25, -0.2) is 0 Å². The minimum Gasteiger partial charge on any atom is -0.299 e. The van der Waals surface area contributed by atoms with Crippen LogP contribution in [0.1, 0.15) is 45.4 Å². The Kier molecular flexibility index (Phi) is 3.22. The van der Waals surface area contributed by atoms with E-state index >= 15 is 0 Å². The molecule has 1 unspecified atom stereocenters. The number of carbonyl (C=O) groups is 1. The second-order valence-corrected chi connectivity index (χ2v) is 4.90. The first-order valence-electron chi connectivity index (χ1n) is 6.04. The fraction of sp³-hybridized carbons (Fsp3) is 0.917. The van der Waals surface area contributed by atoms with Gasteiger partial charge in [-0.15, -0.1) is 0 Å². The van der Waals surface area contributed by atoms with Crippen LogP contribution < -0.4 is 0 Å². The number of ketones is 1. The van der Waals surface area contributed by atoms with Gasteiger partial charge in [-0.05, 0) is 12.8 Å². The van der Waals surface area contributed by atoms with Crippen molar-refractivity contribution < 1.29 is 4.79 Å². The SMILES string of the molecule is CC1CN(C2CCCCC2)CCC1=O. The van der Waals surface area contributed by atoms with Crippen LogP contribution in [0.4, 0.5) is 0 Å². The first-order chi connectivity index (χ1) is 6.77. The number of piperidine rings is 1. The lowest BCUT2D eigenvalue weighted by Gasteiger charge is -2.38. The van der Waals surface area contributed by atoms with Gasteiger partial charge in [-0.2, -0.15) is 0 Å². The predicted octanol–water partition coefficient (Wildman–Crippen LogP) is 2.23. The Bertz CT molecular complexity index is 208. The molecule has 0 bridgehead atoms. The van der Waals surface area contributed by atoms with E-state index in [9.17, 15) is 4.79 Å². The third-order valence-corrected chi connectivity index (χ3v) is 3.79. The molecule has 1 aliphatic heterocycles. The van der Waals surface area contributed by atoms with E-state index in [4.69, 9.17) is 0 Å². The molecule has 1 saturated carbocycles. The molecule has 0 aromatic rings. The summed E-state index contributed by atoms with van der Waals surface area (Å²) in [6.45, 7) is 4.12. The fourth-order valence-corrected chi connectivity index (χ4v) is 2.82. The van der Waals surface area contributed by atoms with Gasteiger partial charge in [0.05, 0.1) is 0 Å². The lowest BCUT2D eigenvalue weighted by molar-refractivity contribution is -0.126. The highest BCUT2D eigenvalue weighted by Crippen LogP contribution is 2.25. The smallest absolute Gasteiger partial charge is 0.138 e. The second kappa shape index (κ2) is 4.43. The van der Waals surface area contributed by atoms with E-state index in [-0.39, 0.29) is 5.92 Å². The second-order valence-electron chi connectivity index (χ2n) is 4.90. The summed E-state index contributed by atoms with van der Waals surface area (Å²) in [6.07, 6.45) is 7.71. The molecule has 0 radical (unpaired) electrons. The first-order valence-corrected chi connectivity index (χ1v) is 6.04. The number of nitrogens with zero attached hydrogens (tertiary/aromatic N) is 1. The highest BCUT2D eigenvalue weighted by molar-refractivity contribution is 5.81. The van der Waals surface area contributed by atoms with E-state index in [1.165, 1.54) is 32.1 Å². The molecule has 1 aliphatic carbocycles. The Balaban J connectivity index is 1.88. The average molecular weight is 195 g/mol. The first kappa shape index (κ1) is 10.2. The number of hydrogen-bond acceptors (Lipinski definition) is 2. The molecule has 2 rings (SSSR count). The number of Topliss-reactive ketones (excluding diaryl/α,β-unsaturated/α-hetero) is 1. The molecule has 0 aromatic heterocycles. The third-order valence-electron chi connectivity index (χ3n) is 3.79. The van der Waals surface area contributed by atoms with Crippen LogP contribution in [-0.2, 0) is 4.79 Å². The highest BCUT2D eigenvalue weighted by atomic mass is 16.1. The van der Waals surface area contributed by atoms with Crippen LogP contribution in [0, 0.1) is 5.92 Å². The van der Waals surface area contributed by atoms with Gasteiger partial charge in [-0.1, -0.05) is 26.2 Å². The van der Waals surface area contributed by atoms with Crippen LogP contribution in [0.25, 0.3) is 0 Å². The van der Waals surface area contributed by atoms with Crippen molar-refractivity contribution in [2.24, 2.45) is 5.92 Å². The summed E-state index contributed by atoms with van der Waals surface area (Å²) in [7, 11) is 0. The quantitative estimate of drug-likeness (QED) is 0.639. The van der Waals surface area contributed by atoms with Gasteiger partial charge < -0.3 is 0 Å². The zero-order chi connectivity index (χ0) is 9.97. The van der Waals surface area contributed by atoms with E-state index in [1.807, 2.05) is 0 Å². The number of hydrogen-bond donors (Lipinski definition) is 0. The van der Waals surface area contributed by atoms with E-state index in [0.717, 1.165) is 25.6 Å². The molecule has 14 heavy (non-hydrogen) atoms. The van der Waals surface area contributed by atoms with Crippen molar-refractivity contribution in [1.29, 1.82) is 0 Å². The molecule has 1 atom stereocenters. The summed E-state index contributed by atoms with van der Waals surface area (Å²) in [5.41, 5.74) is 0. The Hall–Kier alpha value is -0.370. The Morgan fingerprint density at radius 1 is 1.21 bits per heavy atom. The van der Waals surface area contributed by atoms with Crippen molar-refractivity contribution in [3.63, 3.8) is 0 Å². The zero-order valence-electron chi connectivity index (χ0n) is 9.17. The maximum atomic E-state index is 11.4. The van der Waals surface area contributed by atoms with Gasteiger partial charge >= 0.3 is 0 Å². The summed E-state index contributed by atoms with van der Waals surface area (Å²) >= 11 is 0. The molecule has 2 aliphatic rings. The van der Waals surface area contributed by atoms with Crippen molar-refractivity contribution in [3.05, 3.63) is 0 Å². The van der Waals surface area contributed by atoms with E-state index in [0.29, 0.717) is 5.78 Å². The Labute approximate surface area is 86.7 Å². The Morgan fingerprint density at radius 2 is 1.93 bits per heavy atom. The molecule has 0 N–H and O–H groups in total. The number of likely N-dealkylation sites (tertiary alicyclic amines) is 1. The van der Waals surface area contributed by atoms with Gasteiger partial charge in [-0.3, -0.25) is 9.69 Å². The minimum atomic E-state index is 0.283. The summed E-state index contributed by atoms with van der Waals surface area (Å²) in [5.74, 6) is 0.753. The van der Waals surface area contributed by atoms with Crippen molar-refractivity contribution in [1.82, 2.24) is 4.90 Å². The van der Waals surface area contributed by atoms with Crippen LogP contribution in [0.5, 0.6) is 0 Å². The molecule has 2 fully saturated rings. The average Bonchev–Trinajstić information content (AvgIpc) is 2.23. The van der Waals surface area contributed by atoms with Crippen LogP contribution in [0.15, 0.2) is 0 Å².